The van der Waals surface area contributed by atoms with E-state index in [1.54, 1.807) is 30.3 Å². The molecule has 0 radical (unpaired) electrons. The first-order valence-electron chi connectivity index (χ1n) is 9.92. The van der Waals surface area contributed by atoms with Crippen LogP contribution < -0.4 is 4.74 Å². The van der Waals surface area contributed by atoms with Crippen molar-refractivity contribution in [3.05, 3.63) is 71.4 Å². The van der Waals surface area contributed by atoms with Gasteiger partial charge in [-0.15, -0.1) is 0 Å². The van der Waals surface area contributed by atoms with Gasteiger partial charge in [-0.1, -0.05) is 36.4 Å². The number of amides is 1. The van der Waals surface area contributed by atoms with Gasteiger partial charge < -0.3 is 14.7 Å². The van der Waals surface area contributed by atoms with Gasteiger partial charge in [0.05, 0.1) is 16.8 Å². The van der Waals surface area contributed by atoms with Crippen molar-refractivity contribution < 1.29 is 19.4 Å². The van der Waals surface area contributed by atoms with Crippen LogP contribution in [0.3, 0.4) is 0 Å². The Kier molecular flexibility index (Phi) is 5.75. The lowest BCUT2D eigenvalue weighted by molar-refractivity contribution is -0.132. The Hall–Kier alpha value is -3.67. The number of aromatic nitrogens is 1. The van der Waals surface area contributed by atoms with E-state index < -0.39 is 5.97 Å². The zero-order valence-electron chi connectivity index (χ0n) is 16.5. The fourth-order valence-corrected chi connectivity index (χ4v) is 3.58. The lowest BCUT2D eigenvalue weighted by Gasteiger charge is -2.16. The van der Waals surface area contributed by atoms with Crippen LogP contribution in [0.4, 0.5) is 0 Å². The maximum Gasteiger partial charge on any atom is 0.336 e. The number of carbonyl (C=O) groups is 2. The minimum absolute atomic E-state index is 0.00222. The minimum Gasteiger partial charge on any atom is -0.483 e. The molecular formula is C24H22N2O4. The quantitative estimate of drug-likeness (QED) is 0.671. The fraction of sp³-hybridized carbons (Fsp3) is 0.208. The van der Waals surface area contributed by atoms with Gasteiger partial charge in [0.25, 0.3) is 5.91 Å². The number of aromatic carboxylic acids is 1. The largest absolute Gasteiger partial charge is 0.483 e. The third-order valence-corrected chi connectivity index (χ3v) is 5.13. The zero-order valence-corrected chi connectivity index (χ0v) is 16.5. The summed E-state index contributed by atoms with van der Waals surface area (Å²) >= 11 is 0. The maximum absolute atomic E-state index is 12.3. The number of pyridine rings is 1. The van der Waals surface area contributed by atoms with Gasteiger partial charge in [0, 0.05) is 24.0 Å². The van der Waals surface area contributed by atoms with Crippen LogP contribution in [0.1, 0.15) is 34.5 Å². The van der Waals surface area contributed by atoms with Crippen molar-refractivity contribution >= 4 is 34.9 Å². The molecule has 4 rings (SSSR count). The topological polar surface area (TPSA) is 79.7 Å². The summed E-state index contributed by atoms with van der Waals surface area (Å²) in [5.74, 6) is -0.401. The molecule has 1 amide bonds. The molecule has 1 aliphatic heterocycles. The van der Waals surface area contributed by atoms with Crippen LogP contribution in [-0.4, -0.2) is 46.6 Å². The summed E-state index contributed by atoms with van der Waals surface area (Å²) < 4.78 is 5.77. The molecule has 1 fully saturated rings. The summed E-state index contributed by atoms with van der Waals surface area (Å²) in [5.41, 5.74) is 2.16. The van der Waals surface area contributed by atoms with Crippen molar-refractivity contribution in [3.63, 3.8) is 0 Å². The highest BCUT2D eigenvalue weighted by molar-refractivity contribution is 6.03. The number of hydrogen-bond acceptors (Lipinski definition) is 4. The van der Waals surface area contributed by atoms with Crippen LogP contribution in [-0.2, 0) is 4.79 Å². The second-order valence-electron chi connectivity index (χ2n) is 7.16. The highest BCUT2D eigenvalue weighted by Gasteiger charge is 2.18. The van der Waals surface area contributed by atoms with Crippen molar-refractivity contribution in [3.8, 4) is 5.75 Å². The third-order valence-electron chi connectivity index (χ3n) is 5.13. The molecule has 0 saturated carbocycles. The first-order chi connectivity index (χ1) is 14.6. The Bertz CT molecular complexity index is 1120. The van der Waals surface area contributed by atoms with Crippen molar-refractivity contribution in [2.75, 3.05) is 19.7 Å². The molecule has 1 aliphatic rings. The van der Waals surface area contributed by atoms with E-state index in [0.717, 1.165) is 31.5 Å². The highest BCUT2D eigenvalue weighted by Crippen LogP contribution is 2.23. The van der Waals surface area contributed by atoms with Crippen molar-refractivity contribution in [2.24, 2.45) is 0 Å². The van der Waals surface area contributed by atoms with Gasteiger partial charge in [-0.3, -0.25) is 4.79 Å². The summed E-state index contributed by atoms with van der Waals surface area (Å²) in [6.07, 6.45) is 5.66. The average Bonchev–Trinajstić information content (AvgIpc) is 3.31. The van der Waals surface area contributed by atoms with Crippen molar-refractivity contribution in [1.29, 1.82) is 0 Å². The Balaban J connectivity index is 1.56. The Morgan fingerprint density at radius 2 is 1.77 bits per heavy atom. The number of rotatable bonds is 6. The van der Waals surface area contributed by atoms with E-state index in [1.165, 1.54) is 0 Å². The summed E-state index contributed by atoms with van der Waals surface area (Å²) in [5, 5.41) is 10.1. The lowest BCUT2D eigenvalue weighted by atomic mass is 10.1. The van der Waals surface area contributed by atoms with Gasteiger partial charge in [0.2, 0.25) is 0 Å². The Morgan fingerprint density at radius 1 is 1.03 bits per heavy atom. The molecule has 0 spiro atoms. The van der Waals surface area contributed by atoms with E-state index in [-0.39, 0.29) is 18.1 Å². The van der Waals surface area contributed by atoms with E-state index in [0.29, 0.717) is 22.3 Å². The molecule has 6 nitrogen and oxygen atoms in total. The Labute approximate surface area is 174 Å². The predicted molar refractivity (Wildman–Crippen MR) is 115 cm³/mol. The SMILES string of the molecule is O=C(O)c1cc(/C=C/c2ccccc2OCC(=O)N2CCCC2)nc2ccccc12. The molecule has 0 aliphatic carbocycles. The number of para-hydroxylation sites is 2. The summed E-state index contributed by atoms with van der Waals surface area (Å²) in [7, 11) is 0. The number of hydrogen-bond donors (Lipinski definition) is 1. The van der Waals surface area contributed by atoms with E-state index in [9.17, 15) is 14.7 Å². The summed E-state index contributed by atoms with van der Waals surface area (Å²) in [6, 6.07) is 16.1. The molecular weight excluding hydrogens is 380 g/mol. The van der Waals surface area contributed by atoms with Gasteiger partial charge in [-0.05, 0) is 43.2 Å². The second-order valence-corrected chi connectivity index (χ2v) is 7.16. The molecule has 2 heterocycles. The zero-order chi connectivity index (χ0) is 20.9. The van der Waals surface area contributed by atoms with Gasteiger partial charge >= 0.3 is 5.97 Å². The molecule has 1 aromatic heterocycles. The molecule has 0 unspecified atom stereocenters. The molecule has 30 heavy (non-hydrogen) atoms. The number of likely N-dealkylation sites (tertiary alicyclic amines) is 1. The number of fused-ring (bicyclic) bond motifs is 1. The molecule has 152 valence electrons. The van der Waals surface area contributed by atoms with Crippen LogP contribution >= 0.6 is 0 Å². The van der Waals surface area contributed by atoms with Gasteiger partial charge in [0.15, 0.2) is 6.61 Å². The molecule has 2 aromatic carbocycles. The molecule has 1 saturated heterocycles. The standard InChI is InChI=1S/C24H22N2O4/c27-23(26-13-5-6-14-26)16-30-22-10-4-1-7-17(22)11-12-18-15-20(24(28)29)19-8-2-3-9-21(19)25-18/h1-4,7-12,15H,5-6,13-14,16H2,(H,28,29)/b12-11+. The fourth-order valence-electron chi connectivity index (χ4n) is 3.58. The lowest BCUT2D eigenvalue weighted by Crippen LogP contribution is -2.32. The van der Waals surface area contributed by atoms with Crippen LogP contribution in [0.5, 0.6) is 5.75 Å². The first kappa shape index (κ1) is 19.6. The molecule has 0 atom stereocenters. The van der Waals surface area contributed by atoms with Gasteiger partial charge in [-0.25, -0.2) is 9.78 Å². The molecule has 1 N–H and O–H groups in total. The van der Waals surface area contributed by atoms with Crippen LogP contribution in [0.2, 0.25) is 0 Å². The van der Waals surface area contributed by atoms with E-state index in [1.807, 2.05) is 41.3 Å². The smallest absolute Gasteiger partial charge is 0.336 e. The maximum atomic E-state index is 12.3. The number of benzene rings is 2. The van der Waals surface area contributed by atoms with Crippen LogP contribution in [0, 0.1) is 0 Å². The van der Waals surface area contributed by atoms with Crippen molar-refractivity contribution in [2.45, 2.75) is 12.8 Å². The second kappa shape index (κ2) is 8.78. The summed E-state index contributed by atoms with van der Waals surface area (Å²) in [6.45, 7) is 1.59. The van der Waals surface area contributed by atoms with Crippen LogP contribution in [0.15, 0.2) is 54.6 Å². The van der Waals surface area contributed by atoms with Gasteiger partial charge in [-0.2, -0.15) is 0 Å². The average molecular weight is 402 g/mol. The molecule has 0 bridgehead atoms. The Morgan fingerprint density at radius 3 is 2.57 bits per heavy atom. The number of carboxylic acid groups (broad SMARTS) is 1. The van der Waals surface area contributed by atoms with Gasteiger partial charge in [0.1, 0.15) is 5.75 Å². The van der Waals surface area contributed by atoms with E-state index in [4.69, 9.17) is 4.74 Å². The monoisotopic (exact) mass is 402 g/mol. The van der Waals surface area contributed by atoms with Crippen LogP contribution in [0.25, 0.3) is 23.1 Å². The van der Waals surface area contributed by atoms with E-state index >= 15 is 0 Å². The number of carboxylic acids is 1. The first-order valence-corrected chi connectivity index (χ1v) is 9.92. The third kappa shape index (κ3) is 4.33. The number of nitrogens with zero attached hydrogens (tertiary/aromatic N) is 2. The predicted octanol–water partition coefficient (Wildman–Crippen LogP) is 4.10. The summed E-state index contributed by atoms with van der Waals surface area (Å²) in [4.78, 5) is 30.3. The normalized spacial score (nSPS) is 13.8. The van der Waals surface area contributed by atoms with Crippen molar-refractivity contribution in [1.82, 2.24) is 9.88 Å². The highest BCUT2D eigenvalue weighted by atomic mass is 16.5. The minimum atomic E-state index is -0.993. The van der Waals surface area contributed by atoms with E-state index in [2.05, 4.69) is 4.98 Å². The number of carbonyl (C=O) groups excluding carboxylic acids is 1. The molecule has 3 aromatic rings. The molecule has 6 heteroatoms. The number of ether oxygens (including phenoxy) is 1.